The standard InChI is InChI=1S/C55H71FN8O7/c1-9-63-46-20-19-38-28-42(46)43(50(63)41-16-11-22-57-48(41)35(4)70-8)29-55(5,6)33-71-54(69)44-17-12-24-64(59-44)53(68)45(27-36-14-10-15-37(38)26-36)58-51(66)49(34(2)3)60(7)52(67)39-21-25-61(30-39)23-13-18-47(65)62-31-40(56)32-62/h10-11,13-16,18-20,22,26,28,34-35,39-40,44-45,49,59H,9,12,17,21,23-25,27,29-33H2,1-8H3,(H,58,66)/b18-13+/t35-,39-,44-,45-,49-/m0/s1. The van der Waals surface area contributed by atoms with Gasteiger partial charge >= 0.3 is 5.97 Å². The SMILES string of the molecule is CCn1c(-c2cccnc2[C@H](C)OC)c2c3cc(ccc31)-c1cccc(c1)C[C@H](NC(=O)[C@H](C(C)C)N(C)C(=O)[C@H]1CCN(C/C=C/C(=O)N3CC(F)C3)C1)C(=O)N1CCC[C@H](N1)C(=O)OCC(C)(C)C2. The number of benzene rings is 2. The number of nitrogens with one attached hydrogen (secondary N) is 2. The van der Waals surface area contributed by atoms with Crippen LogP contribution in [0.1, 0.15) is 83.7 Å². The minimum atomic E-state index is -1.05. The van der Waals surface area contributed by atoms with Crippen LogP contribution in [0.4, 0.5) is 4.39 Å². The van der Waals surface area contributed by atoms with Crippen molar-refractivity contribution in [2.75, 3.05) is 60.0 Å². The number of aromatic nitrogens is 2. The van der Waals surface area contributed by atoms with Gasteiger partial charge in [0.15, 0.2) is 0 Å². The summed E-state index contributed by atoms with van der Waals surface area (Å²) in [6.45, 7) is 15.1. The van der Waals surface area contributed by atoms with Crippen LogP contribution in [0.15, 0.2) is 72.9 Å². The van der Waals surface area contributed by atoms with E-state index in [9.17, 15) is 28.4 Å². The average molecular weight is 975 g/mol. The second kappa shape index (κ2) is 21.8. The van der Waals surface area contributed by atoms with E-state index in [1.54, 1.807) is 26.4 Å². The van der Waals surface area contributed by atoms with Crippen LogP contribution in [0.3, 0.4) is 0 Å². The topological polar surface area (TPSA) is 159 Å². The van der Waals surface area contributed by atoms with Crippen LogP contribution in [0, 0.1) is 17.3 Å². The molecular formula is C55H71FN8O7. The molecule has 2 aromatic heterocycles. The number of hydrazine groups is 1. The molecule has 0 radical (unpaired) electrons. The Hall–Kier alpha value is -5.97. The maximum atomic E-state index is 14.8. The molecule has 8 rings (SSSR count). The van der Waals surface area contributed by atoms with Crippen molar-refractivity contribution in [3.63, 3.8) is 0 Å². The van der Waals surface area contributed by atoms with Gasteiger partial charge in [-0.3, -0.25) is 38.9 Å². The lowest BCUT2D eigenvalue weighted by Gasteiger charge is -2.37. The number of nitrogens with zero attached hydrogens (tertiary/aromatic N) is 6. The van der Waals surface area contributed by atoms with Crippen LogP contribution in [0.5, 0.6) is 0 Å². The van der Waals surface area contributed by atoms with Crippen LogP contribution in [-0.2, 0) is 52.8 Å². The number of hydrogen-bond donors (Lipinski definition) is 2. The fraction of sp³-hybridized carbons (Fsp3) is 0.527. The number of likely N-dealkylation sites (N-methyl/N-ethyl adjacent to an activating group) is 1. The number of cyclic esters (lactones) is 1. The molecule has 0 spiro atoms. The normalized spacial score (nSPS) is 22.0. The van der Waals surface area contributed by atoms with Gasteiger partial charge in [0.2, 0.25) is 17.7 Å². The number of carbonyl (C=O) groups is 5. The fourth-order valence-corrected chi connectivity index (χ4v) is 10.8. The number of hydrogen-bond acceptors (Lipinski definition) is 10. The Labute approximate surface area is 417 Å². The van der Waals surface area contributed by atoms with E-state index in [2.05, 4.69) is 77.4 Å². The van der Waals surface area contributed by atoms with E-state index >= 15 is 0 Å². The number of rotatable bonds is 12. The molecule has 3 saturated heterocycles. The maximum absolute atomic E-state index is 14.8. The van der Waals surface area contributed by atoms with Gasteiger partial charge in [0, 0.05) is 80.9 Å². The predicted octanol–water partition coefficient (Wildman–Crippen LogP) is 6.29. The van der Waals surface area contributed by atoms with Crippen molar-refractivity contribution in [3.05, 3.63) is 89.8 Å². The maximum Gasteiger partial charge on any atom is 0.324 e. The van der Waals surface area contributed by atoms with Crippen molar-refractivity contribution in [2.45, 2.75) is 111 Å². The smallest absolute Gasteiger partial charge is 0.324 e. The molecule has 380 valence electrons. The first-order valence-corrected chi connectivity index (χ1v) is 25.3. The quantitative estimate of drug-likeness (QED) is 0.122. The van der Waals surface area contributed by atoms with E-state index in [1.807, 2.05) is 39.0 Å². The van der Waals surface area contributed by atoms with Gasteiger partial charge < -0.3 is 29.2 Å². The van der Waals surface area contributed by atoms with Crippen LogP contribution in [0.2, 0.25) is 0 Å². The summed E-state index contributed by atoms with van der Waals surface area (Å²) in [6, 6.07) is 15.9. The second-order valence-corrected chi connectivity index (χ2v) is 21.0. The van der Waals surface area contributed by atoms with E-state index in [0.29, 0.717) is 58.4 Å². The third-order valence-corrected chi connectivity index (χ3v) is 14.7. The molecule has 0 saturated carbocycles. The van der Waals surface area contributed by atoms with Gasteiger partial charge in [-0.2, -0.15) is 0 Å². The lowest BCUT2D eigenvalue weighted by molar-refractivity contribution is -0.155. The fourth-order valence-electron chi connectivity index (χ4n) is 10.8. The third kappa shape index (κ3) is 11.2. The molecule has 4 aliphatic heterocycles. The minimum absolute atomic E-state index is 0.117. The predicted molar refractivity (Wildman–Crippen MR) is 270 cm³/mol. The van der Waals surface area contributed by atoms with Crippen LogP contribution >= 0.6 is 0 Å². The van der Waals surface area contributed by atoms with E-state index in [4.69, 9.17) is 14.5 Å². The number of amides is 4. The molecule has 4 aromatic rings. The molecule has 71 heavy (non-hydrogen) atoms. The van der Waals surface area contributed by atoms with Crippen molar-refractivity contribution in [3.8, 4) is 22.4 Å². The first-order valence-electron chi connectivity index (χ1n) is 25.3. The Morgan fingerprint density at radius 2 is 1.80 bits per heavy atom. The molecule has 0 unspecified atom stereocenters. The highest BCUT2D eigenvalue weighted by Crippen LogP contribution is 2.42. The number of pyridine rings is 1. The van der Waals surface area contributed by atoms with Gasteiger partial charge in [-0.05, 0) is 98.5 Å². The molecule has 4 amide bonds. The highest BCUT2D eigenvalue weighted by molar-refractivity contribution is 5.96. The van der Waals surface area contributed by atoms with Crippen LogP contribution in [0.25, 0.3) is 33.3 Å². The number of halogens is 1. The average Bonchev–Trinajstić information content (AvgIpc) is 3.95. The number of likely N-dealkylation sites (tertiary alicyclic amines) is 2. The number of methoxy groups -OCH3 is 1. The summed E-state index contributed by atoms with van der Waals surface area (Å²) in [5.74, 6) is -2.36. The van der Waals surface area contributed by atoms with Crippen molar-refractivity contribution in [2.24, 2.45) is 17.3 Å². The van der Waals surface area contributed by atoms with Crippen LogP contribution < -0.4 is 10.7 Å². The Kier molecular flexibility index (Phi) is 15.8. The summed E-state index contributed by atoms with van der Waals surface area (Å²) in [5, 5.41) is 5.61. The minimum Gasteiger partial charge on any atom is -0.464 e. The lowest BCUT2D eigenvalue weighted by atomic mass is 9.84. The van der Waals surface area contributed by atoms with Gasteiger partial charge in [0.25, 0.3) is 5.91 Å². The monoisotopic (exact) mass is 975 g/mol. The molecule has 16 heteroatoms. The molecule has 2 N–H and O–H groups in total. The largest absolute Gasteiger partial charge is 0.464 e. The molecule has 6 heterocycles. The van der Waals surface area contributed by atoms with Crippen molar-refractivity contribution >= 4 is 40.5 Å². The van der Waals surface area contributed by atoms with Gasteiger partial charge in [-0.25, -0.2) is 9.82 Å². The number of esters is 1. The summed E-state index contributed by atoms with van der Waals surface area (Å²) in [6.07, 6.45) is 6.11. The van der Waals surface area contributed by atoms with Crippen molar-refractivity contribution < 1.29 is 37.8 Å². The van der Waals surface area contributed by atoms with E-state index < -0.39 is 47.5 Å². The first kappa shape index (κ1) is 51.4. The number of carbonyl (C=O) groups excluding carboxylic acids is 5. The zero-order valence-electron chi connectivity index (χ0n) is 42.6. The van der Waals surface area contributed by atoms with E-state index in [-0.39, 0.29) is 55.9 Å². The molecule has 15 nitrogen and oxygen atoms in total. The number of aryl methyl sites for hydroxylation is 1. The number of fused-ring (bicyclic) bond motifs is 6. The molecule has 4 aliphatic rings. The Morgan fingerprint density at radius 3 is 2.54 bits per heavy atom. The van der Waals surface area contributed by atoms with Gasteiger partial charge in [0.05, 0.1) is 43.1 Å². The Bertz CT molecular complexity index is 2660. The third-order valence-electron chi connectivity index (χ3n) is 14.7. The molecule has 6 bridgehead atoms. The summed E-state index contributed by atoms with van der Waals surface area (Å²) in [7, 11) is 3.33. The highest BCUT2D eigenvalue weighted by Gasteiger charge is 2.40. The summed E-state index contributed by atoms with van der Waals surface area (Å²) in [4.78, 5) is 79.8. The first-order chi connectivity index (χ1) is 34.0. The molecule has 2 aromatic carbocycles. The van der Waals surface area contributed by atoms with E-state index in [1.165, 1.54) is 20.9 Å². The Morgan fingerprint density at radius 1 is 1.03 bits per heavy atom. The van der Waals surface area contributed by atoms with Gasteiger partial charge in [-0.1, -0.05) is 64.1 Å². The van der Waals surface area contributed by atoms with Crippen molar-refractivity contribution in [1.82, 2.24) is 40.0 Å². The molecule has 3 fully saturated rings. The zero-order chi connectivity index (χ0) is 50.7. The van der Waals surface area contributed by atoms with Crippen LogP contribution in [-0.4, -0.2) is 143 Å². The van der Waals surface area contributed by atoms with Gasteiger partial charge in [-0.15, -0.1) is 0 Å². The molecule has 5 atom stereocenters. The molecule has 0 aliphatic carbocycles. The summed E-state index contributed by atoms with van der Waals surface area (Å²) >= 11 is 0. The second-order valence-electron chi connectivity index (χ2n) is 21.0. The zero-order valence-corrected chi connectivity index (χ0v) is 42.6. The molecular weight excluding hydrogens is 904 g/mol. The number of alkyl halides is 1. The van der Waals surface area contributed by atoms with E-state index in [0.717, 1.165) is 50.1 Å². The highest BCUT2D eigenvalue weighted by atomic mass is 19.1. The summed E-state index contributed by atoms with van der Waals surface area (Å²) < 4.78 is 27.6. The van der Waals surface area contributed by atoms with Crippen molar-refractivity contribution in [1.29, 1.82) is 0 Å². The Balaban J connectivity index is 1.10. The summed E-state index contributed by atoms with van der Waals surface area (Å²) in [5.41, 5.74) is 10.5. The van der Waals surface area contributed by atoms with Gasteiger partial charge in [0.1, 0.15) is 24.3 Å². The number of ether oxygens (including phenoxy) is 2. The lowest BCUT2D eigenvalue weighted by Crippen LogP contribution is -2.62.